The average molecular weight is 356 g/mol. The molecule has 2 atom stereocenters. The number of epoxide rings is 1. The fourth-order valence-electron chi connectivity index (χ4n) is 1.63. The molecule has 0 aliphatic carbocycles. The Morgan fingerprint density at radius 1 is 0.818 bits per heavy atom. The molecule has 0 bridgehead atoms. The van der Waals surface area contributed by atoms with Gasteiger partial charge in [0.15, 0.2) is 6.29 Å². The first-order chi connectivity index (χ1) is 9.53. The van der Waals surface area contributed by atoms with Gasteiger partial charge in [-0.05, 0) is 0 Å². The van der Waals surface area contributed by atoms with Gasteiger partial charge in [-0.3, -0.25) is 0 Å². The quantitative estimate of drug-likeness (QED) is 0.551. The molecule has 1 rings (SSSR count). The highest BCUT2D eigenvalue weighted by atomic mass is 19.4. The van der Waals surface area contributed by atoms with Crippen molar-refractivity contribution >= 4 is 0 Å². The van der Waals surface area contributed by atoms with Crippen molar-refractivity contribution in [3.8, 4) is 0 Å². The monoisotopic (exact) mass is 356 g/mol. The highest BCUT2D eigenvalue weighted by Crippen LogP contribution is 2.60. The third-order valence-corrected chi connectivity index (χ3v) is 2.90. The Labute approximate surface area is 115 Å². The molecule has 0 aromatic rings. The highest BCUT2D eigenvalue weighted by Gasteiger charge is 2.90. The molecular formula is C9H7F11O2. The molecule has 132 valence electrons. The lowest BCUT2D eigenvalue weighted by Gasteiger charge is -2.39. The molecule has 1 saturated heterocycles. The zero-order valence-corrected chi connectivity index (χ0v) is 10.3. The first-order valence-corrected chi connectivity index (χ1v) is 5.29. The summed E-state index contributed by atoms with van der Waals surface area (Å²) in [5, 5.41) is 0. The minimum atomic E-state index is -7.42. The van der Waals surface area contributed by atoms with Gasteiger partial charge in [0.25, 0.3) is 0 Å². The van der Waals surface area contributed by atoms with Crippen LogP contribution in [0.1, 0.15) is 6.42 Å². The van der Waals surface area contributed by atoms with E-state index >= 15 is 0 Å². The molecule has 13 heteroatoms. The van der Waals surface area contributed by atoms with Crippen LogP contribution in [0.2, 0.25) is 0 Å². The molecule has 0 spiro atoms. The van der Waals surface area contributed by atoms with Crippen molar-refractivity contribution < 1.29 is 57.8 Å². The Morgan fingerprint density at radius 2 is 1.23 bits per heavy atom. The van der Waals surface area contributed by atoms with Crippen LogP contribution in [0.25, 0.3) is 0 Å². The number of hydrogen-bond donors (Lipinski definition) is 0. The van der Waals surface area contributed by atoms with Crippen LogP contribution in [0.15, 0.2) is 0 Å². The van der Waals surface area contributed by atoms with Crippen LogP contribution >= 0.6 is 0 Å². The molecular weight excluding hydrogens is 349 g/mol. The lowest BCUT2D eigenvalue weighted by Crippen LogP contribution is -2.70. The van der Waals surface area contributed by atoms with E-state index in [4.69, 9.17) is 0 Å². The summed E-state index contributed by atoms with van der Waals surface area (Å²) in [7, 11) is 0.867. The molecule has 1 heterocycles. The zero-order valence-electron chi connectivity index (χ0n) is 10.3. The first-order valence-electron chi connectivity index (χ1n) is 5.29. The van der Waals surface area contributed by atoms with E-state index in [9.17, 15) is 48.3 Å². The lowest BCUT2D eigenvalue weighted by molar-refractivity contribution is -0.427. The average Bonchev–Trinajstić information content (AvgIpc) is 3.01. The zero-order chi connectivity index (χ0) is 17.8. The number of methoxy groups -OCH3 is 1. The summed E-state index contributed by atoms with van der Waals surface area (Å²) in [4.78, 5) is 0. The Morgan fingerprint density at radius 3 is 1.50 bits per heavy atom. The van der Waals surface area contributed by atoms with Gasteiger partial charge in [0.1, 0.15) is 6.10 Å². The molecule has 1 fully saturated rings. The van der Waals surface area contributed by atoms with Crippen LogP contribution in [0, 0.1) is 0 Å². The second kappa shape index (κ2) is 5.08. The second-order valence-electron chi connectivity index (χ2n) is 4.42. The smallest absolute Gasteiger partial charge is 0.353 e. The third kappa shape index (κ3) is 2.72. The standard InChI is InChI=1S/C9H7F11O2/c1-21-4-3(22-4)2-5(10,11)7(13,14)6(12,8(15,16)17)9(18,19)20/h3-4H,2H2,1H3. The van der Waals surface area contributed by atoms with Crippen molar-refractivity contribution in [3.05, 3.63) is 0 Å². The van der Waals surface area contributed by atoms with Gasteiger partial charge in [-0.25, -0.2) is 4.39 Å². The number of hydrogen-bond acceptors (Lipinski definition) is 2. The molecule has 0 aromatic heterocycles. The first kappa shape index (κ1) is 19.2. The van der Waals surface area contributed by atoms with E-state index in [0.717, 1.165) is 7.11 Å². The molecule has 2 unspecified atom stereocenters. The predicted molar refractivity (Wildman–Crippen MR) is 46.1 cm³/mol. The molecule has 0 radical (unpaired) electrons. The van der Waals surface area contributed by atoms with E-state index in [2.05, 4.69) is 9.47 Å². The summed E-state index contributed by atoms with van der Waals surface area (Å²) in [6, 6.07) is 0. The molecule has 22 heavy (non-hydrogen) atoms. The molecule has 0 aromatic carbocycles. The summed E-state index contributed by atoms with van der Waals surface area (Å²) in [6.07, 6.45) is -20.3. The van der Waals surface area contributed by atoms with E-state index in [1.165, 1.54) is 0 Å². The fourth-order valence-corrected chi connectivity index (χ4v) is 1.63. The second-order valence-corrected chi connectivity index (χ2v) is 4.42. The van der Waals surface area contributed by atoms with Crippen LogP contribution in [0.3, 0.4) is 0 Å². The summed E-state index contributed by atoms with van der Waals surface area (Å²) in [6.45, 7) is 0. The summed E-state index contributed by atoms with van der Waals surface area (Å²) in [5.41, 5.74) is -7.42. The number of ether oxygens (including phenoxy) is 2. The molecule has 1 aliphatic rings. The van der Waals surface area contributed by atoms with E-state index in [1.807, 2.05) is 0 Å². The maximum Gasteiger partial charge on any atom is 0.438 e. The summed E-state index contributed by atoms with van der Waals surface area (Å²) < 4.78 is 147. The molecule has 0 saturated carbocycles. The van der Waals surface area contributed by atoms with Crippen molar-refractivity contribution in [3.63, 3.8) is 0 Å². The van der Waals surface area contributed by atoms with Crippen molar-refractivity contribution in [1.29, 1.82) is 0 Å². The molecule has 2 nitrogen and oxygen atoms in total. The van der Waals surface area contributed by atoms with Gasteiger partial charge in [0.2, 0.25) is 0 Å². The summed E-state index contributed by atoms with van der Waals surface area (Å²) in [5.74, 6) is -13.1. The Balaban J connectivity index is 3.22. The maximum absolute atomic E-state index is 13.2. The minimum absolute atomic E-state index is 0.867. The number of alkyl halides is 11. The van der Waals surface area contributed by atoms with Crippen molar-refractivity contribution in [2.45, 2.75) is 48.7 Å². The van der Waals surface area contributed by atoms with Crippen molar-refractivity contribution in [1.82, 2.24) is 0 Å². The van der Waals surface area contributed by atoms with Crippen LogP contribution in [-0.2, 0) is 9.47 Å². The Hall–Kier alpha value is -0.850. The molecule has 0 amide bonds. The van der Waals surface area contributed by atoms with Crippen LogP contribution in [0.5, 0.6) is 0 Å². The van der Waals surface area contributed by atoms with E-state index in [-0.39, 0.29) is 0 Å². The molecule has 0 N–H and O–H groups in total. The Bertz CT molecular complexity index is 399. The minimum Gasteiger partial charge on any atom is -0.353 e. The number of rotatable bonds is 5. The lowest BCUT2D eigenvalue weighted by atomic mass is 9.88. The third-order valence-electron chi connectivity index (χ3n) is 2.90. The van der Waals surface area contributed by atoms with Crippen LogP contribution in [0.4, 0.5) is 48.3 Å². The van der Waals surface area contributed by atoms with Gasteiger partial charge < -0.3 is 9.47 Å². The van der Waals surface area contributed by atoms with Gasteiger partial charge in [-0.15, -0.1) is 0 Å². The number of halogens is 11. The van der Waals surface area contributed by atoms with Gasteiger partial charge >= 0.3 is 29.9 Å². The normalized spacial score (nSPS) is 24.5. The van der Waals surface area contributed by atoms with E-state index < -0.39 is 48.7 Å². The van der Waals surface area contributed by atoms with Crippen LogP contribution in [-0.4, -0.2) is 49.4 Å². The van der Waals surface area contributed by atoms with E-state index in [1.54, 1.807) is 0 Å². The van der Waals surface area contributed by atoms with E-state index in [0.29, 0.717) is 0 Å². The molecule has 1 aliphatic heterocycles. The highest BCUT2D eigenvalue weighted by molar-refractivity contribution is 5.11. The van der Waals surface area contributed by atoms with Gasteiger partial charge in [-0.2, -0.15) is 43.9 Å². The maximum atomic E-state index is 13.2. The van der Waals surface area contributed by atoms with Crippen LogP contribution < -0.4 is 0 Å². The van der Waals surface area contributed by atoms with Gasteiger partial charge in [0, 0.05) is 13.5 Å². The van der Waals surface area contributed by atoms with Crippen molar-refractivity contribution in [2.75, 3.05) is 7.11 Å². The van der Waals surface area contributed by atoms with Gasteiger partial charge in [-0.1, -0.05) is 0 Å². The largest absolute Gasteiger partial charge is 0.438 e. The fraction of sp³-hybridized carbons (Fsp3) is 1.00. The Kier molecular flexibility index (Phi) is 4.43. The van der Waals surface area contributed by atoms with Gasteiger partial charge in [0.05, 0.1) is 0 Å². The van der Waals surface area contributed by atoms with Crippen molar-refractivity contribution in [2.24, 2.45) is 0 Å². The SMILES string of the molecule is COC1OC1CC(F)(F)C(F)(F)C(F)(C(F)(F)F)C(F)(F)F. The topological polar surface area (TPSA) is 21.8 Å². The predicted octanol–water partition coefficient (Wildman–Crippen LogP) is 3.85. The summed E-state index contributed by atoms with van der Waals surface area (Å²) >= 11 is 0.